The molecule has 1 fully saturated rings. The van der Waals surface area contributed by atoms with Crippen LogP contribution in [0, 0.1) is 0 Å². The summed E-state index contributed by atoms with van der Waals surface area (Å²) in [5, 5.41) is 0.916. The quantitative estimate of drug-likeness (QED) is 0.556. The lowest BCUT2D eigenvalue weighted by Gasteiger charge is -2.36. The summed E-state index contributed by atoms with van der Waals surface area (Å²) in [6.45, 7) is 1.09. The molecule has 1 unspecified atom stereocenters. The Labute approximate surface area is 124 Å². The van der Waals surface area contributed by atoms with Crippen LogP contribution in [0.25, 0.3) is 0 Å². The summed E-state index contributed by atoms with van der Waals surface area (Å²) in [6, 6.07) is 0.0138. The molecule has 1 rings (SSSR count). The molecule has 1 atom stereocenters. The summed E-state index contributed by atoms with van der Waals surface area (Å²) < 4.78 is 24.8. The van der Waals surface area contributed by atoms with Crippen LogP contribution in [0.5, 0.6) is 0 Å². The molecule has 0 spiro atoms. The number of halogens is 1. The van der Waals surface area contributed by atoms with Gasteiger partial charge in [0.15, 0.2) is 0 Å². The van der Waals surface area contributed by atoms with Gasteiger partial charge in [0.05, 0.1) is 6.26 Å². The van der Waals surface area contributed by atoms with Crippen molar-refractivity contribution in [2.75, 3.05) is 24.7 Å². The Morgan fingerprint density at radius 1 is 1.37 bits per heavy atom. The summed E-state index contributed by atoms with van der Waals surface area (Å²) in [5.41, 5.74) is 0. The van der Waals surface area contributed by atoms with E-state index in [1.165, 1.54) is 0 Å². The first kappa shape index (κ1) is 16.9. The number of carbonyl (C=O) groups excluding carboxylic acids is 1. The van der Waals surface area contributed by atoms with Gasteiger partial charge in [-0.05, 0) is 32.1 Å². The summed E-state index contributed by atoms with van der Waals surface area (Å²) >= 11 is 3.35. The number of nitrogens with one attached hydrogen (secondary N) is 1. The maximum atomic E-state index is 12.1. The third-order valence-corrected chi connectivity index (χ3v) is 4.55. The van der Waals surface area contributed by atoms with Crippen LogP contribution in [-0.2, 0) is 14.8 Å². The highest BCUT2D eigenvalue weighted by molar-refractivity contribution is 9.09. The summed E-state index contributed by atoms with van der Waals surface area (Å²) in [4.78, 5) is 14.0. The van der Waals surface area contributed by atoms with E-state index in [1.54, 1.807) is 0 Å². The number of unbranched alkanes of at least 4 members (excludes halogenated alkanes) is 1. The number of carbonyl (C=O) groups is 1. The van der Waals surface area contributed by atoms with Crippen molar-refractivity contribution in [3.05, 3.63) is 0 Å². The molecule has 1 heterocycles. The molecule has 5 nitrogen and oxygen atoms in total. The van der Waals surface area contributed by atoms with Crippen molar-refractivity contribution in [1.29, 1.82) is 0 Å². The molecule has 1 aliphatic rings. The molecular weight excluding hydrogens is 332 g/mol. The lowest BCUT2D eigenvalue weighted by Crippen LogP contribution is -2.49. The van der Waals surface area contributed by atoms with Gasteiger partial charge in [0.1, 0.15) is 0 Å². The van der Waals surface area contributed by atoms with Gasteiger partial charge < -0.3 is 4.90 Å². The monoisotopic (exact) mass is 354 g/mol. The first-order valence-electron chi connectivity index (χ1n) is 6.74. The van der Waals surface area contributed by atoms with Crippen LogP contribution in [0.3, 0.4) is 0 Å². The van der Waals surface area contributed by atoms with E-state index in [4.69, 9.17) is 0 Å². The zero-order valence-electron chi connectivity index (χ0n) is 11.4. The van der Waals surface area contributed by atoms with Crippen LogP contribution in [0.4, 0.5) is 0 Å². The Morgan fingerprint density at radius 2 is 2.11 bits per heavy atom. The fraction of sp³-hybridized carbons (Fsp3) is 0.917. The minimum absolute atomic E-state index is 0.0138. The minimum atomic E-state index is -3.19. The highest BCUT2D eigenvalue weighted by atomic mass is 79.9. The molecule has 0 aliphatic carbocycles. The molecule has 7 heteroatoms. The summed E-state index contributed by atoms with van der Waals surface area (Å²) in [6.07, 6.45) is 6.53. The maximum absolute atomic E-state index is 12.1. The molecule has 112 valence electrons. The molecule has 0 aromatic rings. The Morgan fingerprint density at radius 3 is 2.74 bits per heavy atom. The van der Waals surface area contributed by atoms with Crippen LogP contribution in [0.2, 0.25) is 0 Å². The van der Waals surface area contributed by atoms with Gasteiger partial charge in [-0.1, -0.05) is 15.9 Å². The van der Waals surface area contributed by atoms with Crippen molar-refractivity contribution in [1.82, 2.24) is 9.62 Å². The standard InChI is InChI=1S/C12H23BrN2O3S/c1-19(17,18)14-10-11-6-3-5-9-15(11)12(16)7-2-4-8-13/h11,14H,2-10H2,1H3. The van der Waals surface area contributed by atoms with Crippen LogP contribution < -0.4 is 4.72 Å². The second kappa shape index (κ2) is 8.21. The van der Waals surface area contributed by atoms with E-state index in [9.17, 15) is 13.2 Å². The molecular formula is C12H23BrN2O3S. The second-order valence-electron chi connectivity index (χ2n) is 5.00. The van der Waals surface area contributed by atoms with Gasteiger partial charge in [0.25, 0.3) is 0 Å². The molecule has 0 bridgehead atoms. The number of piperidine rings is 1. The first-order chi connectivity index (χ1) is 8.94. The van der Waals surface area contributed by atoms with Gasteiger partial charge in [0, 0.05) is 30.9 Å². The number of hydrogen-bond acceptors (Lipinski definition) is 3. The molecule has 1 aliphatic heterocycles. The minimum Gasteiger partial charge on any atom is -0.338 e. The van der Waals surface area contributed by atoms with Crippen molar-refractivity contribution in [2.45, 2.75) is 44.6 Å². The highest BCUT2D eigenvalue weighted by Crippen LogP contribution is 2.18. The zero-order valence-corrected chi connectivity index (χ0v) is 13.8. The molecule has 0 saturated carbocycles. The lowest BCUT2D eigenvalue weighted by molar-refractivity contribution is -0.134. The molecule has 1 amide bonds. The maximum Gasteiger partial charge on any atom is 0.222 e. The number of hydrogen-bond donors (Lipinski definition) is 1. The molecule has 1 saturated heterocycles. The van der Waals surface area contributed by atoms with Crippen molar-refractivity contribution in [3.8, 4) is 0 Å². The Bertz CT molecular complexity index is 386. The van der Waals surface area contributed by atoms with E-state index in [-0.39, 0.29) is 11.9 Å². The third kappa shape index (κ3) is 6.72. The largest absolute Gasteiger partial charge is 0.338 e. The average Bonchev–Trinajstić information content (AvgIpc) is 2.36. The lowest BCUT2D eigenvalue weighted by atomic mass is 10.0. The Kier molecular flexibility index (Phi) is 7.31. The third-order valence-electron chi connectivity index (χ3n) is 3.30. The number of amides is 1. The van der Waals surface area contributed by atoms with Crippen LogP contribution in [0.15, 0.2) is 0 Å². The van der Waals surface area contributed by atoms with Crippen molar-refractivity contribution < 1.29 is 13.2 Å². The van der Waals surface area contributed by atoms with E-state index in [1.807, 2.05) is 4.90 Å². The molecule has 19 heavy (non-hydrogen) atoms. The summed E-state index contributed by atoms with van der Waals surface area (Å²) in [7, 11) is -3.19. The molecule has 1 N–H and O–H groups in total. The predicted molar refractivity (Wildman–Crippen MR) is 79.8 cm³/mol. The summed E-state index contributed by atoms with van der Waals surface area (Å²) in [5.74, 6) is 0.154. The van der Waals surface area contributed by atoms with Crippen molar-refractivity contribution in [3.63, 3.8) is 0 Å². The van der Waals surface area contributed by atoms with Gasteiger partial charge in [0.2, 0.25) is 15.9 Å². The zero-order chi connectivity index (χ0) is 14.3. The van der Waals surface area contributed by atoms with Crippen LogP contribution >= 0.6 is 15.9 Å². The normalized spacial score (nSPS) is 20.5. The number of alkyl halides is 1. The SMILES string of the molecule is CS(=O)(=O)NCC1CCCCN1C(=O)CCCCBr. The van der Waals surface area contributed by atoms with E-state index in [2.05, 4.69) is 20.7 Å². The van der Waals surface area contributed by atoms with Crippen LogP contribution in [-0.4, -0.2) is 49.9 Å². The van der Waals surface area contributed by atoms with E-state index in [0.717, 1.165) is 50.2 Å². The van der Waals surface area contributed by atoms with Gasteiger partial charge in [-0.15, -0.1) is 0 Å². The van der Waals surface area contributed by atoms with Gasteiger partial charge in [-0.25, -0.2) is 13.1 Å². The fourth-order valence-electron chi connectivity index (χ4n) is 2.30. The van der Waals surface area contributed by atoms with E-state index in [0.29, 0.717) is 13.0 Å². The average molecular weight is 355 g/mol. The van der Waals surface area contributed by atoms with E-state index < -0.39 is 10.0 Å². The molecule has 0 radical (unpaired) electrons. The van der Waals surface area contributed by atoms with Crippen LogP contribution in [0.1, 0.15) is 38.5 Å². The van der Waals surface area contributed by atoms with Gasteiger partial charge in [-0.2, -0.15) is 0 Å². The van der Waals surface area contributed by atoms with Gasteiger partial charge in [-0.3, -0.25) is 4.79 Å². The van der Waals surface area contributed by atoms with Crippen molar-refractivity contribution >= 4 is 31.9 Å². The second-order valence-corrected chi connectivity index (χ2v) is 7.63. The topological polar surface area (TPSA) is 66.5 Å². The highest BCUT2D eigenvalue weighted by Gasteiger charge is 2.26. The number of rotatable bonds is 7. The number of nitrogens with zero attached hydrogens (tertiary/aromatic N) is 1. The number of likely N-dealkylation sites (tertiary alicyclic amines) is 1. The molecule has 0 aromatic carbocycles. The Hall–Kier alpha value is -0.140. The smallest absolute Gasteiger partial charge is 0.222 e. The van der Waals surface area contributed by atoms with E-state index >= 15 is 0 Å². The molecule has 0 aromatic heterocycles. The van der Waals surface area contributed by atoms with Crippen molar-refractivity contribution in [2.24, 2.45) is 0 Å². The van der Waals surface area contributed by atoms with Gasteiger partial charge >= 0.3 is 0 Å². The Balaban J connectivity index is 2.49. The first-order valence-corrected chi connectivity index (χ1v) is 9.75. The predicted octanol–water partition coefficient (Wildman–Crippen LogP) is 1.48. The fourth-order valence-corrected chi connectivity index (χ4v) is 3.19. The number of sulfonamides is 1.